The van der Waals surface area contributed by atoms with Crippen molar-refractivity contribution >= 4 is 11.9 Å². The highest BCUT2D eigenvalue weighted by Gasteiger charge is 1.99. The molecule has 0 saturated heterocycles. The van der Waals surface area contributed by atoms with Crippen LogP contribution in [0.1, 0.15) is 16.1 Å². The minimum atomic E-state index is 0.588. The van der Waals surface area contributed by atoms with Gasteiger partial charge >= 0.3 is 0 Å². The van der Waals surface area contributed by atoms with E-state index in [2.05, 4.69) is 4.98 Å². The fraction of sp³-hybridized carbons (Fsp3) is 0.111. The standard InChI is InChI=1S/C9H8N2O/c1-7-2-3-11-8(6-12)5-10-9(11)4-7/h2-6H,1H3. The molecule has 12 heavy (non-hydrogen) atoms. The predicted octanol–water partition coefficient (Wildman–Crippen LogP) is 1.46. The Labute approximate surface area is 69.7 Å². The van der Waals surface area contributed by atoms with Crippen LogP contribution in [0.3, 0.4) is 0 Å². The first-order chi connectivity index (χ1) is 5.81. The van der Waals surface area contributed by atoms with Crippen molar-refractivity contribution in [1.82, 2.24) is 9.38 Å². The van der Waals surface area contributed by atoms with Gasteiger partial charge in [-0.1, -0.05) is 0 Å². The fourth-order valence-corrected chi connectivity index (χ4v) is 1.19. The summed E-state index contributed by atoms with van der Waals surface area (Å²) >= 11 is 0. The van der Waals surface area contributed by atoms with E-state index in [4.69, 9.17) is 0 Å². The highest BCUT2D eigenvalue weighted by Crippen LogP contribution is 2.06. The Balaban J connectivity index is 2.81. The number of hydrogen-bond donors (Lipinski definition) is 0. The van der Waals surface area contributed by atoms with Crippen LogP contribution in [-0.4, -0.2) is 15.7 Å². The summed E-state index contributed by atoms with van der Waals surface area (Å²) in [5.74, 6) is 0. The lowest BCUT2D eigenvalue weighted by atomic mass is 10.3. The molecular formula is C9H8N2O. The number of nitrogens with zero attached hydrogens (tertiary/aromatic N) is 2. The smallest absolute Gasteiger partial charge is 0.168 e. The number of pyridine rings is 1. The second-order valence-corrected chi connectivity index (χ2v) is 2.73. The van der Waals surface area contributed by atoms with Gasteiger partial charge in [0.2, 0.25) is 0 Å². The van der Waals surface area contributed by atoms with E-state index in [9.17, 15) is 4.79 Å². The second kappa shape index (κ2) is 2.44. The van der Waals surface area contributed by atoms with Crippen LogP contribution in [0.4, 0.5) is 0 Å². The molecule has 3 nitrogen and oxygen atoms in total. The molecule has 0 spiro atoms. The second-order valence-electron chi connectivity index (χ2n) is 2.73. The van der Waals surface area contributed by atoms with Gasteiger partial charge in [-0.2, -0.15) is 0 Å². The predicted molar refractivity (Wildman–Crippen MR) is 45.3 cm³/mol. The minimum absolute atomic E-state index is 0.588. The van der Waals surface area contributed by atoms with E-state index in [-0.39, 0.29) is 0 Å². The van der Waals surface area contributed by atoms with Gasteiger partial charge in [-0.3, -0.25) is 9.20 Å². The number of rotatable bonds is 1. The van der Waals surface area contributed by atoms with E-state index in [0.717, 1.165) is 17.5 Å². The maximum absolute atomic E-state index is 10.5. The average Bonchev–Trinajstić information content (AvgIpc) is 2.46. The first-order valence-corrected chi connectivity index (χ1v) is 3.70. The van der Waals surface area contributed by atoms with Gasteiger partial charge in [-0.15, -0.1) is 0 Å². The number of aryl methyl sites for hydroxylation is 1. The molecule has 60 valence electrons. The van der Waals surface area contributed by atoms with Crippen LogP contribution in [0, 0.1) is 6.92 Å². The van der Waals surface area contributed by atoms with Crippen molar-refractivity contribution in [3.8, 4) is 0 Å². The third-order valence-corrected chi connectivity index (χ3v) is 1.82. The van der Waals surface area contributed by atoms with Crippen LogP contribution in [0.5, 0.6) is 0 Å². The van der Waals surface area contributed by atoms with Crippen LogP contribution in [0.2, 0.25) is 0 Å². The molecule has 3 heteroatoms. The van der Waals surface area contributed by atoms with Crippen LogP contribution in [0.15, 0.2) is 24.5 Å². The Kier molecular flexibility index (Phi) is 1.43. The molecule has 0 amide bonds. The number of carbonyl (C=O) groups is 1. The van der Waals surface area contributed by atoms with E-state index >= 15 is 0 Å². The van der Waals surface area contributed by atoms with Crippen molar-refractivity contribution in [2.24, 2.45) is 0 Å². The molecule has 2 heterocycles. The lowest BCUT2D eigenvalue weighted by Crippen LogP contribution is -1.89. The van der Waals surface area contributed by atoms with Gasteiger partial charge in [0.1, 0.15) is 11.3 Å². The summed E-state index contributed by atoms with van der Waals surface area (Å²) in [6.45, 7) is 2.00. The van der Waals surface area contributed by atoms with Crippen molar-refractivity contribution in [2.45, 2.75) is 6.92 Å². The van der Waals surface area contributed by atoms with E-state index in [1.54, 1.807) is 10.6 Å². The number of hydrogen-bond acceptors (Lipinski definition) is 2. The fourth-order valence-electron chi connectivity index (χ4n) is 1.19. The molecule has 0 unspecified atom stereocenters. The molecule has 0 aromatic carbocycles. The molecule has 0 bridgehead atoms. The van der Waals surface area contributed by atoms with Gasteiger partial charge in [0.25, 0.3) is 0 Å². The summed E-state index contributed by atoms with van der Waals surface area (Å²) in [6.07, 6.45) is 4.22. The van der Waals surface area contributed by atoms with Crippen LogP contribution < -0.4 is 0 Å². The largest absolute Gasteiger partial charge is 0.297 e. The first kappa shape index (κ1) is 7.03. The average molecular weight is 160 g/mol. The van der Waals surface area contributed by atoms with E-state index < -0.39 is 0 Å². The highest BCUT2D eigenvalue weighted by atomic mass is 16.1. The number of aromatic nitrogens is 2. The zero-order chi connectivity index (χ0) is 8.55. The maximum atomic E-state index is 10.5. The van der Waals surface area contributed by atoms with Crippen molar-refractivity contribution < 1.29 is 4.79 Å². The zero-order valence-corrected chi connectivity index (χ0v) is 6.69. The minimum Gasteiger partial charge on any atom is -0.297 e. The Morgan fingerprint density at radius 3 is 3.17 bits per heavy atom. The molecule has 2 aromatic rings. The molecule has 0 aliphatic rings. The Morgan fingerprint density at radius 2 is 2.42 bits per heavy atom. The van der Waals surface area contributed by atoms with Crippen LogP contribution >= 0.6 is 0 Å². The Morgan fingerprint density at radius 1 is 1.58 bits per heavy atom. The van der Waals surface area contributed by atoms with Crippen molar-refractivity contribution in [3.05, 3.63) is 35.8 Å². The number of fused-ring (bicyclic) bond motifs is 1. The van der Waals surface area contributed by atoms with Gasteiger partial charge in [0, 0.05) is 6.20 Å². The molecule has 0 saturated carbocycles. The van der Waals surface area contributed by atoms with Crippen LogP contribution in [0.25, 0.3) is 5.65 Å². The van der Waals surface area contributed by atoms with Crippen LogP contribution in [-0.2, 0) is 0 Å². The lowest BCUT2D eigenvalue weighted by molar-refractivity contribution is 0.111. The molecule has 0 radical (unpaired) electrons. The molecule has 2 rings (SSSR count). The zero-order valence-electron chi connectivity index (χ0n) is 6.69. The molecule has 0 aliphatic carbocycles. The van der Waals surface area contributed by atoms with Crippen molar-refractivity contribution in [2.75, 3.05) is 0 Å². The first-order valence-electron chi connectivity index (χ1n) is 3.70. The Hall–Kier alpha value is -1.64. The molecular weight excluding hydrogens is 152 g/mol. The lowest BCUT2D eigenvalue weighted by Gasteiger charge is -1.95. The SMILES string of the molecule is Cc1ccn2c(C=O)cnc2c1. The maximum Gasteiger partial charge on any atom is 0.168 e. The van der Waals surface area contributed by atoms with Crippen molar-refractivity contribution in [1.29, 1.82) is 0 Å². The van der Waals surface area contributed by atoms with Gasteiger partial charge in [-0.25, -0.2) is 4.98 Å². The molecule has 2 aromatic heterocycles. The van der Waals surface area contributed by atoms with Gasteiger partial charge in [-0.05, 0) is 24.6 Å². The van der Waals surface area contributed by atoms with E-state index in [1.165, 1.54) is 0 Å². The summed E-state index contributed by atoms with van der Waals surface area (Å²) < 4.78 is 1.76. The molecule has 0 N–H and O–H groups in total. The Bertz CT molecular complexity index is 431. The van der Waals surface area contributed by atoms with E-state index in [0.29, 0.717) is 5.69 Å². The summed E-state index contributed by atoms with van der Waals surface area (Å²) in [6, 6.07) is 3.88. The summed E-state index contributed by atoms with van der Waals surface area (Å²) in [7, 11) is 0. The van der Waals surface area contributed by atoms with E-state index in [1.807, 2.05) is 25.3 Å². The topological polar surface area (TPSA) is 34.4 Å². The summed E-state index contributed by atoms with van der Waals surface area (Å²) in [4.78, 5) is 14.6. The van der Waals surface area contributed by atoms with Crippen molar-refractivity contribution in [3.63, 3.8) is 0 Å². The molecule has 0 aliphatic heterocycles. The van der Waals surface area contributed by atoms with Gasteiger partial charge in [0.15, 0.2) is 6.29 Å². The monoisotopic (exact) mass is 160 g/mol. The van der Waals surface area contributed by atoms with Gasteiger partial charge in [0.05, 0.1) is 6.20 Å². The number of carbonyl (C=O) groups excluding carboxylic acids is 1. The van der Waals surface area contributed by atoms with Gasteiger partial charge < -0.3 is 0 Å². The third-order valence-electron chi connectivity index (χ3n) is 1.82. The third kappa shape index (κ3) is 0.906. The number of imidazole rings is 1. The number of aldehydes is 1. The quantitative estimate of drug-likeness (QED) is 0.592. The molecule has 0 atom stereocenters. The summed E-state index contributed by atoms with van der Waals surface area (Å²) in [5, 5.41) is 0. The highest BCUT2D eigenvalue weighted by molar-refractivity contribution is 5.73. The molecule has 0 fully saturated rings. The normalized spacial score (nSPS) is 10.4. The summed E-state index contributed by atoms with van der Waals surface area (Å²) in [5.41, 5.74) is 2.55.